The summed E-state index contributed by atoms with van der Waals surface area (Å²) < 4.78 is 5.67. The van der Waals surface area contributed by atoms with Crippen LogP contribution in [0.2, 0.25) is 0 Å². The molecule has 0 radical (unpaired) electrons. The number of rotatable bonds is 6. The second-order valence-electron chi connectivity index (χ2n) is 5.74. The van der Waals surface area contributed by atoms with Crippen molar-refractivity contribution in [2.24, 2.45) is 0 Å². The van der Waals surface area contributed by atoms with Crippen LogP contribution in [-0.2, 0) is 5.41 Å². The minimum Gasteiger partial charge on any atom is -0.491 e. The van der Waals surface area contributed by atoms with Gasteiger partial charge in [0.15, 0.2) is 0 Å². The van der Waals surface area contributed by atoms with Gasteiger partial charge in [-0.3, -0.25) is 5.32 Å². The van der Waals surface area contributed by atoms with E-state index < -0.39 is 5.54 Å². The van der Waals surface area contributed by atoms with E-state index in [-0.39, 0.29) is 5.41 Å². The third kappa shape index (κ3) is 3.97. The van der Waals surface area contributed by atoms with Gasteiger partial charge in [0.25, 0.3) is 0 Å². The van der Waals surface area contributed by atoms with Gasteiger partial charge in [-0.25, -0.2) is 0 Å². The van der Waals surface area contributed by atoms with Crippen molar-refractivity contribution >= 4 is 0 Å². The number of nitrogens with zero attached hydrogens (tertiary/aromatic N) is 1. The summed E-state index contributed by atoms with van der Waals surface area (Å²) in [4.78, 5) is 0. The standard InChI is InChI=1S/C16H24N2O/c1-6-15(2,3)13-7-9-14(10-8-13)19-12-16(4,11-17)18-5/h7-10,18H,6,12H2,1-5H3. The molecule has 0 aliphatic rings. The second-order valence-corrected chi connectivity index (χ2v) is 5.74. The fourth-order valence-electron chi connectivity index (χ4n) is 1.59. The van der Waals surface area contributed by atoms with Gasteiger partial charge in [-0.2, -0.15) is 5.26 Å². The van der Waals surface area contributed by atoms with Crippen LogP contribution in [-0.4, -0.2) is 19.2 Å². The fraction of sp³-hybridized carbons (Fsp3) is 0.562. The van der Waals surface area contributed by atoms with Gasteiger partial charge in [-0.15, -0.1) is 0 Å². The normalized spacial score (nSPS) is 14.5. The highest BCUT2D eigenvalue weighted by molar-refractivity contribution is 5.31. The Morgan fingerprint density at radius 2 is 1.79 bits per heavy atom. The molecule has 0 bridgehead atoms. The minimum atomic E-state index is -0.651. The number of nitriles is 1. The first-order valence-electron chi connectivity index (χ1n) is 6.70. The Morgan fingerprint density at radius 3 is 2.21 bits per heavy atom. The van der Waals surface area contributed by atoms with E-state index in [2.05, 4.69) is 44.3 Å². The van der Waals surface area contributed by atoms with Crippen LogP contribution < -0.4 is 10.1 Å². The van der Waals surface area contributed by atoms with Crippen molar-refractivity contribution in [2.75, 3.05) is 13.7 Å². The van der Waals surface area contributed by atoms with Crippen LogP contribution >= 0.6 is 0 Å². The molecule has 1 unspecified atom stereocenters. The number of nitrogens with one attached hydrogen (secondary N) is 1. The molecule has 0 fully saturated rings. The highest BCUT2D eigenvalue weighted by Crippen LogP contribution is 2.28. The lowest BCUT2D eigenvalue weighted by Gasteiger charge is -2.24. The number of likely N-dealkylation sites (N-methyl/N-ethyl adjacent to an activating group) is 1. The number of benzene rings is 1. The van der Waals surface area contributed by atoms with E-state index in [0.717, 1.165) is 12.2 Å². The highest BCUT2D eigenvalue weighted by atomic mass is 16.5. The Kier molecular flexibility index (Phi) is 4.97. The first-order valence-corrected chi connectivity index (χ1v) is 6.70. The largest absolute Gasteiger partial charge is 0.491 e. The molecule has 0 amide bonds. The van der Waals surface area contributed by atoms with Crippen LogP contribution in [0.25, 0.3) is 0 Å². The Balaban J connectivity index is 2.71. The van der Waals surface area contributed by atoms with E-state index in [1.807, 2.05) is 19.1 Å². The summed E-state index contributed by atoms with van der Waals surface area (Å²) in [6.45, 7) is 8.81. The Bertz CT molecular complexity index is 445. The summed E-state index contributed by atoms with van der Waals surface area (Å²) >= 11 is 0. The average molecular weight is 260 g/mol. The lowest BCUT2D eigenvalue weighted by atomic mass is 9.82. The van der Waals surface area contributed by atoms with E-state index in [4.69, 9.17) is 10.00 Å². The molecule has 0 spiro atoms. The molecule has 3 nitrogen and oxygen atoms in total. The maximum atomic E-state index is 9.05. The molecule has 1 N–H and O–H groups in total. The molecule has 1 aromatic rings. The van der Waals surface area contributed by atoms with Gasteiger partial charge in [-0.1, -0.05) is 32.9 Å². The van der Waals surface area contributed by atoms with Gasteiger partial charge in [0.1, 0.15) is 17.9 Å². The molecule has 3 heteroatoms. The predicted octanol–water partition coefficient (Wildman–Crippen LogP) is 3.25. The molecule has 0 saturated carbocycles. The van der Waals surface area contributed by atoms with E-state index in [0.29, 0.717) is 6.61 Å². The minimum absolute atomic E-state index is 0.185. The zero-order valence-electron chi connectivity index (χ0n) is 12.6. The first kappa shape index (κ1) is 15.5. The van der Waals surface area contributed by atoms with Gasteiger partial charge in [0.05, 0.1) is 6.07 Å². The average Bonchev–Trinajstić information content (AvgIpc) is 2.45. The lowest BCUT2D eigenvalue weighted by Crippen LogP contribution is -2.43. The molecular formula is C16H24N2O. The van der Waals surface area contributed by atoms with Crippen LogP contribution in [0.3, 0.4) is 0 Å². The molecule has 104 valence electrons. The van der Waals surface area contributed by atoms with Crippen molar-refractivity contribution in [3.05, 3.63) is 29.8 Å². The van der Waals surface area contributed by atoms with E-state index in [1.165, 1.54) is 5.56 Å². The summed E-state index contributed by atoms with van der Waals surface area (Å²) in [7, 11) is 1.76. The maximum Gasteiger partial charge on any atom is 0.137 e. The zero-order chi connectivity index (χ0) is 14.5. The van der Waals surface area contributed by atoms with Crippen LogP contribution in [0.5, 0.6) is 5.75 Å². The number of ether oxygens (including phenoxy) is 1. The van der Waals surface area contributed by atoms with Crippen LogP contribution in [0.15, 0.2) is 24.3 Å². The lowest BCUT2D eigenvalue weighted by molar-refractivity contribution is 0.242. The zero-order valence-corrected chi connectivity index (χ0v) is 12.6. The molecule has 19 heavy (non-hydrogen) atoms. The molecule has 1 rings (SSSR count). The smallest absolute Gasteiger partial charge is 0.137 e. The topological polar surface area (TPSA) is 45.0 Å². The van der Waals surface area contributed by atoms with Gasteiger partial charge in [-0.05, 0) is 43.5 Å². The molecule has 0 aliphatic heterocycles. The molecule has 0 saturated heterocycles. The molecular weight excluding hydrogens is 236 g/mol. The van der Waals surface area contributed by atoms with Crippen LogP contribution in [0.1, 0.15) is 39.7 Å². The van der Waals surface area contributed by atoms with E-state index >= 15 is 0 Å². The monoisotopic (exact) mass is 260 g/mol. The van der Waals surface area contributed by atoms with Crippen molar-refractivity contribution in [1.29, 1.82) is 5.26 Å². The fourth-order valence-corrected chi connectivity index (χ4v) is 1.59. The summed E-state index contributed by atoms with van der Waals surface area (Å²) in [5.41, 5.74) is 0.838. The first-order chi connectivity index (χ1) is 8.87. The van der Waals surface area contributed by atoms with Crippen molar-refractivity contribution in [2.45, 2.75) is 45.1 Å². The Labute approximate surface area is 116 Å². The Morgan fingerprint density at radius 1 is 1.21 bits per heavy atom. The van der Waals surface area contributed by atoms with Gasteiger partial charge >= 0.3 is 0 Å². The molecule has 1 aromatic carbocycles. The highest BCUT2D eigenvalue weighted by Gasteiger charge is 2.22. The maximum absolute atomic E-state index is 9.05. The van der Waals surface area contributed by atoms with Crippen molar-refractivity contribution in [3.63, 3.8) is 0 Å². The van der Waals surface area contributed by atoms with Crippen molar-refractivity contribution < 1.29 is 4.74 Å². The van der Waals surface area contributed by atoms with Gasteiger partial charge in [0, 0.05) is 0 Å². The molecule has 0 aromatic heterocycles. The summed E-state index contributed by atoms with van der Waals surface area (Å²) in [6.07, 6.45) is 1.10. The van der Waals surface area contributed by atoms with Crippen LogP contribution in [0, 0.1) is 11.3 Å². The molecule has 0 heterocycles. The molecule has 1 atom stereocenters. The predicted molar refractivity (Wildman–Crippen MR) is 78.3 cm³/mol. The molecule has 0 aliphatic carbocycles. The SMILES string of the molecule is CCC(C)(C)c1ccc(OCC(C)(C#N)NC)cc1. The van der Waals surface area contributed by atoms with Crippen LogP contribution in [0.4, 0.5) is 0 Å². The van der Waals surface area contributed by atoms with Gasteiger partial charge < -0.3 is 4.74 Å². The third-order valence-corrected chi connectivity index (χ3v) is 3.85. The number of hydrogen-bond acceptors (Lipinski definition) is 3. The summed E-state index contributed by atoms with van der Waals surface area (Å²) in [5.74, 6) is 0.798. The number of hydrogen-bond donors (Lipinski definition) is 1. The van der Waals surface area contributed by atoms with Crippen molar-refractivity contribution in [1.82, 2.24) is 5.32 Å². The van der Waals surface area contributed by atoms with E-state index in [1.54, 1.807) is 7.05 Å². The summed E-state index contributed by atoms with van der Waals surface area (Å²) in [5, 5.41) is 12.0. The second kappa shape index (κ2) is 6.08. The Hall–Kier alpha value is -1.53. The van der Waals surface area contributed by atoms with Crippen molar-refractivity contribution in [3.8, 4) is 11.8 Å². The van der Waals surface area contributed by atoms with E-state index in [9.17, 15) is 0 Å². The van der Waals surface area contributed by atoms with Gasteiger partial charge in [0.2, 0.25) is 0 Å². The summed E-state index contributed by atoms with van der Waals surface area (Å²) in [6, 6.07) is 10.4. The quantitative estimate of drug-likeness (QED) is 0.854. The third-order valence-electron chi connectivity index (χ3n) is 3.85.